The lowest BCUT2D eigenvalue weighted by molar-refractivity contribution is 0.378. The van der Waals surface area contributed by atoms with E-state index in [0.717, 1.165) is 13.0 Å². The lowest BCUT2D eigenvalue weighted by Crippen LogP contribution is -2.58. The van der Waals surface area contributed by atoms with Gasteiger partial charge in [0.1, 0.15) is 5.79 Å². The maximum absolute atomic E-state index is 5.44. The number of hydrogen-bond donors (Lipinski definition) is 3. The Bertz CT molecular complexity index is 65.2. The van der Waals surface area contributed by atoms with Gasteiger partial charge in [0.25, 0.3) is 0 Å². The van der Waals surface area contributed by atoms with Gasteiger partial charge in [0.05, 0.1) is 0 Å². The van der Waals surface area contributed by atoms with E-state index >= 15 is 0 Å². The van der Waals surface area contributed by atoms with Gasteiger partial charge in [-0.2, -0.15) is 0 Å². The zero-order valence-corrected chi connectivity index (χ0v) is 6.28. The smallest absolute Gasteiger partial charge is 0.115 e. The number of nitrogens with one attached hydrogen (secondary N) is 1. The van der Waals surface area contributed by atoms with Crippen LogP contribution < -0.4 is 16.8 Å². The molecule has 9 heavy (non-hydrogen) atoms. The molecule has 0 spiro atoms. The number of hydrogen-bond acceptors (Lipinski definition) is 3. The quantitative estimate of drug-likeness (QED) is 0.371. The molecule has 0 radical (unpaired) electrons. The second kappa shape index (κ2) is 3.82. The summed E-state index contributed by atoms with van der Waals surface area (Å²) in [7, 11) is 0. The summed E-state index contributed by atoms with van der Waals surface area (Å²) in [6.45, 7) is 4.79. The van der Waals surface area contributed by atoms with Crippen molar-refractivity contribution >= 4 is 0 Å². The van der Waals surface area contributed by atoms with Crippen molar-refractivity contribution in [3.8, 4) is 0 Å². The van der Waals surface area contributed by atoms with Gasteiger partial charge in [-0.3, -0.25) is 5.32 Å². The molecule has 0 unspecified atom stereocenters. The fraction of sp³-hybridized carbons (Fsp3) is 1.00. The Morgan fingerprint density at radius 3 is 2.33 bits per heavy atom. The first-order valence-corrected chi connectivity index (χ1v) is 3.39. The molecule has 0 bridgehead atoms. The Kier molecular flexibility index (Phi) is 3.77. The van der Waals surface area contributed by atoms with Crippen LogP contribution in [0.5, 0.6) is 0 Å². The molecule has 5 N–H and O–H groups in total. The van der Waals surface area contributed by atoms with Gasteiger partial charge < -0.3 is 11.5 Å². The maximum atomic E-state index is 5.44. The molecule has 56 valence electrons. The molecule has 0 atom stereocenters. The van der Waals surface area contributed by atoms with Crippen LogP contribution in [0.2, 0.25) is 0 Å². The summed E-state index contributed by atoms with van der Waals surface area (Å²) in [5.74, 6) is -0.699. The summed E-state index contributed by atoms with van der Waals surface area (Å²) in [6, 6.07) is 0. The van der Waals surface area contributed by atoms with E-state index in [9.17, 15) is 0 Å². The zero-order chi connectivity index (χ0) is 7.33. The summed E-state index contributed by atoms with van der Waals surface area (Å²) in [4.78, 5) is 0. The van der Waals surface area contributed by atoms with Crippen LogP contribution in [0.25, 0.3) is 0 Å². The van der Waals surface area contributed by atoms with Crippen LogP contribution in [0.1, 0.15) is 26.7 Å². The van der Waals surface area contributed by atoms with Gasteiger partial charge >= 0.3 is 0 Å². The Balaban J connectivity index is 3.07. The molecular weight excluding hydrogens is 114 g/mol. The Labute approximate surface area is 56.8 Å². The Morgan fingerprint density at radius 1 is 1.44 bits per heavy atom. The third-order valence-corrected chi connectivity index (χ3v) is 1.04. The second-order valence-electron chi connectivity index (χ2n) is 2.56. The van der Waals surface area contributed by atoms with Crippen molar-refractivity contribution in [2.75, 3.05) is 6.54 Å². The minimum Gasteiger partial charge on any atom is -0.301 e. The summed E-state index contributed by atoms with van der Waals surface area (Å²) >= 11 is 0. The molecule has 0 rings (SSSR count). The van der Waals surface area contributed by atoms with E-state index in [4.69, 9.17) is 11.5 Å². The molecule has 0 fully saturated rings. The van der Waals surface area contributed by atoms with Crippen LogP contribution in [-0.4, -0.2) is 12.3 Å². The first-order chi connectivity index (χ1) is 4.06. The van der Waals surface area contributed by atoms with Gasteiger partial charge in [-0.25, -0.2) is 0 Å². The largest absolute Gasteiger partial charge is 0.301 e. The van der Waals surface area contributed by atoms with Crippen molar-refractivity contribution < 1.29 is 0 Å². The Morgan fingerprint density at radius 2 is 2.00 bits per heavy atom. The van der Waals surface area contributed by atoms with E-state index in [1.807, 2.05) is 0 Å². The van der Waals surface area contributed by atoms with Crippen molar-refractivity contribution in [2.24, 2.45) is 11.5 Å². The van der Waals surface area contributed by atoms with Gasteiger partial charge in [0, 0.05) is 0 Å². The molecule has 3 nitrogen and oxygen atoms in total. The average molecular weight is 131 g/mol. The maximum Gasteiger partial charge on any atom is 0.115 e. The molecule has 0 aromatic rings. The average Bonchev–Trinajstić information content (AvgIpc) is 1.63. The summed E-state index contributed by atoms with van der Waals surface area (Å²) in [6.07, 6.45) is 2.30. The molecule has 0 amide bonds. The fourth-order valence-electron chi connectivity index (χ4n) is 0.535. The van der Waals surface area contributed by atoms with Crippen molar-refractivity contribution in [1.29, 1.82) is 0 Å². The standard InChI is InChI=1S/C6H17N3/c1-3-4-5-9-6(2,7)8/h9H,3-5,7-8H2,1-2H3. The summed E-state index contributed by atoms with van der Waals surface area (Å²) in [5.41, 5.74) is 10.9. The molecule has 0 aliphatic heterocycles. The molecule has 0 aromatic heterocycles. The van der Waals surface area contributed by atoms with Gasteiger partial charge in [-0.15, -0.1) is 0 Å². The molecular formula is C6H17N3. The van der Waals surface area contributed by atoms with Crippen molar-refractivity contribution in [3.63, 3.8) is 0 Å². The van der Waals surface area contributed by atoms with Crippen LogP contribution in [0.4, 0.5) is 0 Å². The van der Waals surface area contributed by atoms with E-state index in [1.165, 1.54) is 6.42 Å². The normalized spacial score (nSPS) is 12.0. The van der Waals surface area contributed by atoms with Crippen molar-refractivity contribution in [1.82, 2.24) is 5.32 Å². The SMILES string of the molecule is CCCCNC(C)(N)N. The van der Waals surface area contributed by atoms with Crippen LogP contribution >= 0.6 is 0 Å². The minimum atomic E-state index is -0.699. The lowest BCUT2D eigenvalue weighted by Gasteiger charge is -2.19. The van der Waals surface area contributed by atoms with Gasteiger partial charge in [0.2, 0.25) is 0 Å². The van der Waals surface area contributed by atoms with Crippen molar-refractivity contribution in [3.05, 3.63) is 0 Å². The zero-order valence-electron chi connectivity index (χ0n) is 6.28. The highest BCUT2D eigenvalue weighted by atomic mass is 15.2. The molecule has 0 saturated carbocycles. The minimum absolute atomic E-state index is 0.699. The molecule has 0 saturated heterocycles. The number of nitrogens with two attached hydrogens (primary N) is 2. The fourth-order valence-corrected chi connectivity index (χ4v) is 0.535. The van der Waals surface area contributed by atoms with E-state index in [1.54, 1.807) is 6.92 Å². The van der Waals surface area contributed by atoms with Crippen molar-refractivity contribution in [2.45, 2.75) is 32.5 Å². The van der Waals surface area contributed by atoms with E-state index in [-0.39, 0.29) is 0 Å². The predicted molar refractivity (Wildman–Crippen MR) is 39.7 cm³/mol. The van der Waals surface area contributed by atoms with Crippen LogP contribution in [0.3, 0.4) is 0 Å². The lowest BCUT2D eigenvalue weighted by atomic mass is 10.3. The first-order valence-electron chi connectivity index (χ1n) is 3.39. The van der Waals surface area contributed by atoms with Crippen LogP contribution in [0, 0.1) is 0 Å². The van der Waals surface area contributed by atoms with Gasteiger partial charge in [-0.05, 0) is 19.9 Å². The molecule has 0 aliphatic carbocycles. The number of unbranched alkanes of at least 4 members (excludes halogenated alkanes) is 1. The highest BCUT2D eigenvalue weighted by Gasteiger charge is 2.06. The van der Waals surface area contributed by atoms with E-state index in [0.29, 0.717) is 0 Å². The van der Waals surface area contributed by atoms with Gasteiger partial charge in [0.15, 0.2) is 0 Å². The van der Waals surface area contributed by atoms with Crippen LogP contribution in [0.15, 0.2) is 0 Å². The third-order valence-electron chi connectivity index (χ3n) is 1.04. The monoisotopic (exact) mass is 131 g/mol. The van der Waals surface area contributed by atoms with E-state index < -0.39 is 5.79 Å². The van der Waals surface area contributed by atoms with E-state index in [2.05, 4.69) is 12.2 Å². The topological polar surface area (TPSA) is 64.1 Å². The summed E-state index contributed by atoms with van der Waals surface area (Å²) in [5, 5.41) is 2.98. The predicted octanol–water partition coefficient (Wildman–Crippen LogP) is -0.0328. The second-order valence-corrected chi connectivity index (χ2v) is 2.56. The molecule has 3 heteroatoms. The molecule has 0 heterocycles. The highest BCUT2D eigenvalue weighted by molar-refractivity contribution is 4.65. The first kappa shape index (κ1) is 8.88. The molecule has 0 aromatic carbocycles. The molecule has 0 aliphatic rings. The third kappa shape index (κ3) is 7.88. The Hall–Kier alpha value is -0.120. The van der Waals surface area contributed by atoms with Crippen LogP contribution in [-0.2, 0) is 0 Å². The highest BCUT2D eigenvalue weighted by Crippen LogP contribution is 1.85. The number of rotatable bonds is 4. The summed E-state index contributed by atoms with van der Waals surface area (Å²) < 4.78 is 0. The van der Waals surface area contributed by atoms with Gasteiger partial charge in [-0.1, -0.05) is 13.3 Å².